The number of allylic oxidation sites excluding steroid dienone is 1. The van der Waals surface area contributed by atoms with Gasteiger partial charge in [0.1, 0.15) is 0 Å². The summed E-state index contributed by atoms with van der Waals surface area (Å²) in [5.41, 5.74) is 2.52. The number of aryl methyl sites for hydroxylation is 1. The van der Waals surface area contributed by atoms with Crippen LogP contribution in [0.2, 0.25) is 0 Å². The quantitative estimate of drug-likeness (QED) is 0.256. The average molecular weight is 437 g/mol. The summed E-state index contributed by atoms with van der Waals surface area (Å²) >= 11 is 0. The molecule has 0 amide bonds. The fraction of sp³-hybridized carbons (Fsp3) is 0.0833. The second-order valence-corrected chi connectivity index (χ2v) is 8.82. The van der Waals surface area contributed by atoms with E-state index in [1.54, 1.807) is 12.1 Å². The van der Waals surface area contributed by atoms with Gasteiger partial charge < -0.3 is 9.84 Å². The van der Waals surface area contributed by atoms with Crippen molar-refractivity contribution < 1.29 is 19.4 Å². The smallest absolute Gasteiger partial charge is 0.338 e. The van der Waals surface area contributed by atoms with Gasteiger partial charge in [-0.05, 0) is 53.1 Å². The van der Waals surface area contributed by atoms with Gasteiger partial charge in [0.25, 0.3) is 0 Å². The highest BCUT2D eigenvalue weighted by molar-refractivity contribution is 8.78. The highest BCUT2D eigenvalue weighted by atomic mass is 33.1. The first-order valence-electron chi connectivity index (χ1n) is 9.06. The molecular weight excluding hydrogens is 416 g/mol. The van der Waals surface area contributed by atoms with Crippen LogP contribution >= 0.6 is 21.6 Å². The molecule has 0 fully saturated rings. The molecule has 0 aliphatic carbocycles. The van der Waals surface area contributed by atoms with Crippen molar-refractivity contribution in [3.63, 3.8) is 0 Å². The molecule has 0 heterocycles. The van der Waals surface area contributed by atoms with Crippen LogP contribution in [0.15, 0.2) is 77.1 Å². The molecule has 0 aliphatic rings. The van der Waals surface area contributed by atoms with Crippen LogP contribution in [0.25, 0.3) is 16.8 Å². The Labute approximate surface area is 183 Å². The standard InChI is InChI=1S/C24H20O4S2/c1-15-7-6-10-21(24(27)28-3)19(15)12-11-16(2)29-30-18-13-17-8-4-5-9-20(17)22(14-18)23(25)26/h4-14H,2H2,1,3H3,(H,25,26)/b12-11-. The summed E-state index contributed by atoms with van der Waals surface area (Å²) in [6.45, 7) is 5.98. The van der Waals surface area contributed by atoms with Crippen molar-refractivity contribution in [3.05, 3.63) is 94.4 Å². The molecule has 0 saturated carbocycles. The average Bonchev–Trinajstić information content (AvgIpc) is 2.75. The minimum atomic E-state index is -0.952. The fourth-order valence-electron chi connectivity index (χ4n) is 3.00. The van der Waals surface area contributed by atoms with Crippen molar-refractivity contribution in [2.75, 3.05) is 7.11 Å². The number of hydrogen-bond acceptors (Lipinski definition) is 5. The first kappa shape index (κ1) is 21.7. The molecule has 4 nitrogen and oxygen atoms in total. The van der Waals surface area contributed by atoms with E-state index in [1.807, 2.05) is 61.5 Å². The first-order chi connectivity index (χ1) is 14.4. The molecule has 30 heavy (non-hydrogen) atoms. The van der Waals surface area contributed by atoms with Gasteiger partial charge in [0.2, 0.25) is 0 Å². The molecule has 0 unspecified atom stereocenters. The van der Waals surface area contributed by atoms with Crippen molar-refractivity contribution in [1.29, 1.82) is 0 Å². The molecule has 3 rings (SSSR count). The van der Waals surface area contributed by atoms with Crippen molar-refractivity contribution in [2.24, 2.45) is 0 Å². The summed E-state index contributed by atoms with van der Waals surface area (Å²) in [5, 5.41) is 11.1. The Morgan fingerprint density at radius 3 is 2.57 bits per heavy atom. The van der Waals surface area contributed by atoms with E-state index in [9.17, 15) is 14.7 Å². The third-order valence-corrected chi connectivity index (χ3v) is 6.81. The lowest BCUT2D eigenvalue weighted by Gasteiger charge is -2.08. The van der Waals surface area contributed by atoms with Crippen molar-refractivity contribution in [3.8, 4) is 0 Å². The summed E-state index contributed by atoms with van der Waals surface area (Å²) < 4.78 is 4.86. The SMILES string of the molecule is C=C(/C=C\c1c(C)cccc1C(=O)OC)SSc1cc(C(=O)O)c2ccccc2c1. The molecule has 0 bridgehead atoms. The monoisotopic (exact) mass is 436 g/mol. The van der Waals surface area contributed by atoms with Gasteiger partial charge in [-0.2, -0.15) is 0 Å². The van der Waals surface area contributed by atoms with E-state index < -0.39 is 5.97 Å². The summed E-state index contributed by atoms with van der Waals surface area (Å²) in [6, 6.07) is 16.5. The highest BCUT2D eigenvalue weighted by Crippen LogP contribution is 2.39. The molecule has 3 aromatic carbocycles. The summed E-state index contributed by atoms with van der Waals surface area (Å²) in [6.07, 6.45) is 3.69. The molecule has 1 N–H and O–H groups in total. The number of ether oxygens (including phenoxy) is 1. The fourth-order valence-corrected chi connectivity index (χ4v) is 4.74. The summed E-state index contributed by atoms with van der Waals surface area (Å²) in [4.78, 5) is 25.2. The van der Waals surface area contributed by atoms with E-state index in [2.05, 4.69) is 6.58 Å². The number of carbonyl (C=O) groups excluding carboxylic acids is 1. The number of fused-ring (bicyclic) bond motifs is 1. The Morgan fingerprint density at radius 1 is 1.07 bits per heavy atom. The molecule has 0 atom stereocenters. The molecular formula is C24H20O4S2. The molecule has 0 radical (unpaired) electrons. The molecule has 0 aromatic heterocycles. The van der Waals surface area contributed by atoms with E-state index in [4.69, 9.17) is 4.74 Å². The molecule has 3 aromatic rings. The predicted molar refractivity (Wildman–Crippen MR) is 125 cm³/mol. The van der Waals surface area contributed by atoms with Crippen LogP contribution in [0, 0.1) is 6.92 Å². The molecule has 6 heteroatoms. The first-order valence-corrected chi connectivity index (χ1v) is 11.2. The van der Waals surface area contributed by atoms with Crippen molar-refractivity contribution in [2.45, 2.75) is 11.8 Å². The van der Waals surface area contributed by atoms with E-state index >= 15 is 0 Å². The van der Waals surface area contributed by atoms with Gasteiger partial charge in [-0.1, -0.05) is 70.6 Å². The predicted octanol–water partition coefficient (Wildman–Crippen LogP) is 6.60. The van der Waals surface area contributed by atoms with E-state index in [0.717, 1.165) is 26.3 Å². The van der Waals surface area contributed by atoms with E-state index in [-0.39, 0.29) is 11.5 Å². The number of aromatic carboxylic acids is 1. The Balaban J connectivity index is 1.77. The van der Waals surface area contributed by atoms with Gasteiger partial charge in [0.15, 0.2) is 0 Å². The van der Waals surface area contributed by atoms with Crippen LogP contribution in [-0.4, -0.2) is 24.2 Å². The van der Waals surface area contributed by atoms with Crippen LogP contribution in [-0.2, 0) is 4.74 Å². The number of benzene rings is 3. The van der Waals surface area contributed by atoms with Gasteiger partial charge >= 0.3 is 11.9 Å². The Bertz CT molecular complexity index is 1170. The second kappa shape index (κ2) is 9.69. The highest BCUT2D eigenvalue weighted by Gasteiger charge is 2.12. The minimum Gasteiger partial charge on any atom is -0.478 e. The third kappa shape index (κ3) is 4.96. The number of methoxy groups -OCH3 is 1. The van der Waals surface area contributed by atoms with Crippen LogP contribution in [0.4, 0.5) is 0 Å². The van der Waals surface area contributed by atoms with Gasteiger partial charge in [-0.25, -0.2) is 9.59 Å². The number of hydrogen-bond donors (Lipinski definition) is 1. The Hall–Kier alpha value is -2.96. The largest absolute Gasteiger partial charge is 0.478 e. The van der Waals surface area contributed by atoms with Crippen LogP contribution in [0.5, 0.6) is 0 Å². The zero-order valence-corrected chi connectivity index (χ0v) is 18.2. The number of esters is 1. The van der Waals surface area contributed by atoms with Crippen LogP contribution in [0.3, 0.4) is 0 Å². The zero-order chi connectivity index (χ0) is 21.7. The Kier molecular flexibility index (Phi) is 7.03. The second-order valence-electron chi connectivity index (χ2n) is 6.49. The molecule has 0 spiro atoms. The maximum Gasteiger partial charge on any atom is 0.338 e. The lowest BCUT2D eigenvalue weighted by Crippen LogP contribution is -2.04. The lowest BCUT2D eigenvalue weighted by molar-refractivity contribution is 0.0599. The van der Waals surface area contributed by atoms with Gasteiger partial charge in [0, 0.05) is 9.80 Å². The minimum absolute atomic E-state index is 0.278. The van der Waals surface area contributed by atoms with Gasteiger partial charge in [-0.3, -0.25) is 0 Å². The number of carboxylic acids is 1. The van der Waals surface area contributed by atoms with Gasteiger partial charge in [-0.15, -0.1) is 0 Å². The molecule has 0 saturated heterocycles. The van der Waals surface area contributed by atoms with Crippen molar-refractivity contribution in [1.82, 2.24) is 0 Å². The molecule has 0 aliphatic heterocycles. The zero-order valence-electron chi connectivity index (χ0n) is 16.5. The summed E-state index contributed by atoms with van der Waals surface area (Å²) in [7, 11) is 4.23. The van der Waals surface area contributed by atoms with E-state index in [0.29, 0.717) is 10.9 Å². The lowest BCUT2D eigenvalue weighted by atomic mass is 10.0. The maximum absolute atomic E-state index is 12.0. The van der Waals surface area contributed by atoms with Crippen LogP contribution in [0.1, 0.15) is 31.8 Å². The van der Waals surface area contributed by atoms with Crippen LogP contribution < -0.4 is 0 Å². The number of rotatable bonds is 7. The number of carboxylic acid groups (broad SMARTS) is 1. The summed E-state index contributed by atoms with van der Waals surface area (Å²) in [5.74, 6) is -1.34. The third-order valence-electron chi connectivity index (χ3n) is 4.48. The van der Waals surface area contributed by atoms with E-state index in [1.165, 1.54) is 28.7 Å². The Morgan fingerprint density at radius 2 is 1.83 bits per heavy atom. The van der Waals surface area contributed by atoms with Crippen molar-refractivity contribution >= 4 is 50.4 Å². The number of carbonyl (C=O) groups is 2. The maximum atomic E-state index is 12.0. The molecule has 152 valence electrons. The topological polar surface area (TPSA) is 63.6 Å². The normalized spacial score (nSPS) is 11.0. The van der Waals surface area contributed by atoms with Gasteiger partial charge in [0.05, 0.1) is 18.2 Å².